The lowest BCUT2D eigenvalue weighted by Gasteiger charge is -2.31. The van der Waals surface area contributed by atoms with Crippen LogP contribution in [0.5, 0.6) is 11.5 Å². The van der Waals surface area contributed by atoms with Gasteiger partial charge in [-0.15, -0.1) is 0 Å². The van der Waals surface area contributed by atoms with Gasteiger partial charge in [0.15, 0.2) is 5.76 Å². The molecule has 1 aliphatic heterocycles. The van der Waals surface area contributed by atoms with Crippen LogP contribution in [-0.4, -0.2) is 48.2 Å². The van der Waals surface area contributed by atoms with Gasteiger partial charge in [-0.25, -0.2) is 0 Å². The van der Waals surface area contributed by atoms with Gasteiger partial charge < -0.3 is 24.2 Å². The number of nitrogens with zero attached hydrogens (tertiary/aromatic N) is 2. The number of ether oxygens (including phenoxy) is 2. The van der Waals surface area contributed by atoms with Crippen molar-refractivity contribution in [1.29, 1.82) is 0 Å². The summed E-state index contributed by atoms with van der Waals surface area (Å²) >= 11 is 0. The fourth-order valence-electron chi connectivity index (χ4n) is 3.33. The van der Waals surface area contributed by atoms with Crippen LogP contribution in [0.2, 0.25) is 0 Å². The van der Waals surface area contributed by atoms with Gasteiger partial charge in [-0.1, -0.05) is 19.0 Å². The Kier molecular flexibility index (Phi) is 6.97. The maximum absolute atomic E-state index is 12.9. The molecule has 0 atom stereocenters. The summed E-state index contributed by atoms with van der Waals surface area (Å²) in [6.45, 7) is 7.17. The summed E-state index contributed by atoms with van der Waals surface area (Å²) in [6, 6.07) is 7.02. The fraction of sp³-hybridized carbons (Fsp3) is 0.500. The molecular weight excluding hydrogens is 386 g/mol. The molecule has 2 amide bonds. The summed E-state index contributed by atoms with van der Waals surface area (Å²) in [6.07, 6.45) is 1.40. The van der Waals surface area contributed by atoms with E-state index in [0.29, 0.717) is 35.9 Å². The van der Waals surface area contributed by atoms with Crippen molar-refractivity contribution in [3.8, 4) is 11.5 Å². The maximum atomic E-state index is 12.9. The predicted molar refractivity (Wildman–Crippen MR) is 111 cm³/mol. The third-order valence-electron chi connectivity index (χ3n) is 5.20. The number of piperidine rings is 1. The second kappa shape index (κ2) is 9.65. The highest BCUT2D eigenvalue weighted by Gasteiger charge is 2.24. The van der Waals surface area contributed by atoms with Gasteiger partial charge in [0.1, 0.15) is 17.6 Å². The molecule has 0 aliphatic carbocycles. The predicted octanol–water partition coefficient (Wildman–Crippen LogP) is 3.13. The van der Waals surface area contributed by atoms with Crippen molar-refractivity contribution in [1.82, 2.24) is 15.4 Å². The number of carbonyl (C=O) groups is 2. The summed E-state index contributed by atoms with van der Waals surface area (Å²) in [5.41, 5.74) is 1.24. The Labute approximate surface area is 176 Å². The molecule has 3 rings (SSSR count). The van der Waals surface area contributed by atoms with E-state index >= 15 is 0 Å². The molecule has 0 unspecified atom stereocenters. The van der Waals surface area contributed by atoms with Crippen molar-refractivity contribution >= 4 is 11.8 Å². The molecule has 8 nitrogen and oxygen atoms in total. The number of rotatable bonds is 7. The van der Waals surface area contributed by atoms with Crippen LogP contribution in [0.4, 0.5) is 0 Å². The molecule has 0 bridgehead atoms. The number of carbonyl (C=O) groups excluding carboxylic acids is 2. The van der Waals surface area contributed by atoms with E-state index in [9.17, 15) is 9.59 Å². The number of aromatic nitrogens is 1. The van der Waals surface area contributed by atoms with E-state index in [2.05, 4.69) is 10.5 Å². The van der Waals surface area contributed by atoms with Crippen molar-refractivity contribution < 1.29 is 23.6 Å². The minimum atomic E-state index is -0.285. The van der Waals surface area contributed by atoms with Gasteiger partial charge in [0.05, 0.1) is 24.9 Å². The zero-order valence-corrected chi connectivity index (χ0v) is 17.9. The van der Waals surface area contributed by atoms with Gasteiger partial charge in [0, 0.05) is 38.9 Å². The molecule has 1 saturated heterocycles. The largest absolute Gasteiger partial charge is 0.497 e. The molecule has 0 saturated carbocycles. The average molecular weight is 415 g/mol. The van der Waals surface area contributed by atoms with E-state index in [1.165, 1.54) is 0 Å². The molecule has 0 radical (unpaired) electrons. The number of hydrogen-bond acceptors (Lipinski definition) is 6. The molecule has 1 aliphatic rings. The number of likely N-dealkylation sites (tertiary alicyclic amines) is 1. The Morgan fingerprint density at radius 1 is 1.27 bits per heavy atom. The summed E-state index contributed by atoms with van der Waals surface area (Å²) in [5, 5.41) is 6.87. The number of hydrogen-bond donors (Lipinski definition) is 1. The van der Waals surface area contributed by atoms with Gasteiger partial charge in [-0.3, -0.25) is 9.59 Å². The Hall–Kier alpha value is -3.03. The van der Waals surface area contributed by atoms with Crippen LogP contribution in [-0.2, 0) is 11.3 Å². The van der Waals surface area contributed by atoms with Gasteiger partial charge in [-0.2, -0.15) is 0 Å². The van der Waals surface area contributed by atoms with Crippen molar-refractivity contribution in [2.75, 3.05) is 20.2 Å². The lowest BCUT2D eigenvalue weighted by molar-refractivity contribution is -0.130. The molecule has 162 valence electrons. The van der Waals surface area contributed by atoms with E-state index in [0.717, 1.165) is 18.5 Å². The first-order valence-electron chi connectivity index (χ1n) is 10.2. The van der Waals surface area contributed by atoms with E-state index in [1.54, 1.807) is 32.2 Å². The number of amides is 2. The molecule has 2 heterocycles. The second-order valence-electron chi connectivity index (χ2n) is 7.74. The first-order chi connectivity index (χ1) is 14.4. The summed E-state index contributed by atoms with van der Waals surface area (Å²) in [7, 11) is 1.55. The molecule has 1 fully saturated rings. The molecule has 1 N–H and O–H groups in total. The van der Waals surface area contributed by atoms with Crippen LogP contribution in [0, 0.1) is 0 Å². The number of methoxy groups -OCH3 is 1. The Morgan fingerprint density at radius 2 is 2.00 bits per heavy atom. The highest BCUT2D eigenvalue weighted by atomic mass is 16.5. The standard InChI is InChI=1S/C22H29N3O5/c1-14(2)20-12-18(30-24-20)13-23-22(27)19-11-17(28-4)5-6-21(19)29-16-7-9-25(10-8-16)15(3)26/h5-6,11-12,14,16H,7-10,13H2,1-4H3,(H,23,27). The van der Waals surface area contributed by atoms with Crippen molar-refractivity contribution in [2.24, 2.45) is 0 Å². The lowest BCUT2D eigenvalue weighted by Crippen LogP contribution is -2.40. The van der Waals surface area contributed by atoms with Crippen molar-refractivity contribution in [3.05, 3.63) is 41.3 Å². The van der Waals surface area contributed by atoms with Crippen LogP contribution in [0.3, 0.4) is 0 Å². The molecule has 1 aromatic heterocycles. The first-order valence-corrected chi connectivity index (χ1v) is 10.2. The van der Waals surface area contributed by atoms with Gasteiger partial charge in [0.2, 0.25) is 5.91 Å². The normalized spacial score (nSPS) is 14.6. The quantitative estimate of drug-likeness (QED) is 0.747. The lowest BCUT2D eigenvalue weighted by atomic mass is 10.1. The smallest absolute Gasteiger partial charge is 0.255 e. The Bertz CT molecular complexity index is 885. The van der Waals surface area contributed by atoms with E-state index in [4.69, 9.17) is 14.0 Å². The highest BCUT2D eigenvalue weighted by molar-refractivity contribution is 5.97. The van der Waals surface area contributed by atoms with Crippen molar-refractivity contribution in [3.63, 3.8) is 0 Å². The SMILES string of the molecule is COc1ccc(OC2CCN(C(C)=O)CC2)c(C(=O)NCc2cc(C(C)C)no2)c1. The van der Waals surface area contributed by atoms with E-state index in [1.807, 2.05) is 24.8 Å². The molecule has 30 heavy (non-hydrogen) atoms. The fourth-order valence-corrected chi connectivity index (χ4v) is 3.33. The minimum absolute atomic E-state index is 0.0524. The van der Waals surface area contributed by atoms with E-state index < -0.39 is 0 Å². The average Bonchev–Trinajstić information content (AvgIpc) is 3.22. The summed E-state index contributed by atoms with van der Waals surface area (Å²) in [4.78, 5) is 26.2. The Morgan fingerprint density at radius 3 is 2.60 bits per heavy atom. The molecule has 2 aromatic rings. The van der Waals surface area contributed by atoms with Crippen LogP contribution in [0.1, 0.15) is 61.3 Å². The van der Waals surface area contributed by atoms with Gasteiger partial charge in [-0.05, 0) is 24.1 Å². The maximum Gasteiger partial charge on any atom is 0.255 e. The van der Waals surface area contributed by atoms with Gasteiger partial charge >= 0.3 is 0 Å². The molecular formula is C22H29N3O5. The van der Waals surface area contributed by atoms with Gasteiger partial charge in [0.25, 0.3) is 5.91 Å². The third kappa shape index (κ3) is 5.31. The molecule has 0 spiro atoms. The number of benzene rings is 1. The van der Waals surface area contributed by atoms with Crippen LogP contribution < -0.4 is 14.8 Å². The summed E-state index contributed by atoms with van der Waals surface area (Å²) < 4.78 is 16.7. The first kappa shape index (κ1) is 21.7. The van der Waals surface area contributed by atoms with Crippen LogP contribution in [0.25, 0.3) is 0 Å². The highest BCUT2D eigenvalue weighted by Crippen LogP contribution is 2.27. The molecule has 1 aromatic carbocycles. The summed E-state index contributed by atoms with van der Waals surface area (Å²) in [5.74, 6) is 1.70. The topological polar surface area (TPSA) is 93.9 Å². The Balaban J connectivity index is 1.68. The van der Waals surface area contributed by atoms with Crippen molar-refractivity contribution in [2.45, 2.75) is 52.2 Å². The zero-order chi connectivity index (χ0) is 21.7. The third-order valence-corrected chi connectivity index (χ3v) is 5.20. The minimum Gasteiger partial charge on any atom is -0.497 e. The number of nitrogens with one attached hydrogen (secondary N) is 1. The monoisotopic (exact) mass is 415 g/mol. The van der Waals surface area contributed by atoms with Crippen LogP contribution in [0.15, 0.2) is 28.8 Å². The van der Waals surface area contributed by atoms with E-state index in [-0.39, 0.29) is 30.4 Å². The molecule has 8 heteroatoms. The second-order valence-corrected chi connectivity index (χ2v) is 7.74. The van der Waals surface area contributed by atoms with Crippen LogP contribution >= 0.6 is 0 Å². The zero-order valence-electron chi connectivity index (χ0n) is 17.9.